The van der Waals surface area contributed by atoms with Gasteiger partial charge in [-0.3, -0.25) is 14.4 Å². The number of ether oxygens (including phenoxy) is 2. The number of carbonyl (C=O) groups excluding carboxylic acids is 3. The number of likely N-dealkylation sites (N-methyl/N-ethyl adjacent to an activating group) is 1. The molecule has 3 aliphatic rings. The van der Waals surface area contributed by atoms with Gasteiger partial charge in [-0.05, 0) is 43.2 Å². The highest BCUT2D eigenvalue weighted by Crippen LogP contribution is 2.53. The van der Waals surface area contributed by atoms with Gasteiger partial charge in [0.05, 0.1) is 11.7 Å². The fraction of sp³-hybridized carbons (Fsp3) is 0.296. The minimum absolute atomic E-state index is 0.0730. The lowest BCUT2D eigenvalue weighted by Crippen LogP contribution is -2.53. The van der Waals surface area contributed by atoms with Gasteiger partial charge in [-0.25, -0.2) is 0 Å². The fourth-order valence-corrected chi connectivity index (χ4v) is 5.22. The van der Waals surface area contributed by atoms with Gasteiger partial charge in [-0.15, -0.1) is 0 Å². The largest absolute Gasteiger partial charge is 0.507 e. The SMILES string of the molecule is C=CCOc1ccc(C(O)=C2C(=O)C(=O)N(C[C@H]3CCCO3)[C@]23C(=O)N(C)c2ccccc23)cc1. The maximum absolute atomic E-state index is 13.9. The zero-order chi connectivity index (χ0) is 24.7. The van der Waals surface area contributed by atoms with E-state index in [1.807, 2.05) is 0 Å². The minimum Gasteiger partial charge on any atom is -0.507 e. The highest BCUT2D eigenvalue weighted by atomic mass is 16.5. The van der Waals surface area contributed by atoms with E-state index >= 15 is 0 Å². The number of Topliss-reactive ketones (excluding diaryl/α,β-unsaturated/α-hetero) is 1. The summed E-state index contributed by atoms with van der Waals surface area (Å²) in [5, 5.41) is 11.4. The van der Waals surface area contributed by atoms with E-state index in [0.29, 0.717) is 35.8 Å². The molecule has 0 unspecified atom stereocenters. The van der Waals surface area contributed by atoms with Gasteiger partial charge in [0.1, 0.15) is 18.1 Å². The smallest absolute Gasteiger partial charge is 0.296 e. The molecule has 35 heavy (non-hydrogen) atoms. The van der Waals surface area contributed by atoms with E-state index in [4.69, 9.17) is 9.47 Å². The van der Waals surface area contributed by atoms with Gasteiger partial charge < -0.3 is 24.4 Å². The van der Waals surface area contributed by atoms with E-state index in [-0.39, 0.29) is 18.2 Å². The minimum atomic E-state index is -1.77. The number of ketones is 1. The fourth-order valence-electron chi connectivity index (χ4n) is 5.22. The van der Waals surface area contributed by atoms with Crippen LogP contribution < -0.4 is 9.64 Å². The average molecular weight is 475 g/mol. The van der Waals surface area contributed by atoms with E-state index in [1.165, 1.54) is 9.80 Å². The maximum Gasteiger partial charge on any atom is 0.296 e. The van der Waals surface area contributed by atoms with Crippen LogP contribution >= 0.6 is 0 Å². The van der Waals surface area contributed by atoms with Crippen LogP contribution in [0.15, 0.2) is 66.8 Å². The second-order valence-corrected chi connectivity index (χ2v) is 8.82. The molecule has 8 nitrogen and oxygen atoms in total. The summed E-state index contributed by atoms with van der Waals surface area (Å²) >= 11 is 0. The molecule has 3 aliphatic heterocycles. The Morgan fingerprint density at radius 2 is 1.94 bits per heavy atom. The molecule has 0 bridgehead atoms. The van der Waals surface area contributed by atoms with E-state index in [1.54, 1.807) is 61.7 Å². The molecule has 180 valence electrons. The summed E-state index contributed by atoms with van der Waals surface area (Å²) < 4.78 is 11.2. The second-order valence-electron chi connectivity index (χ2n) is 8.82. The van der Waals surface area contributed by atoms with Crippen LogP contribution in [0.5, 0.6) is 5.75 Å². The molecule has 2 atom stereocenters. The van der Waals surface area contributed by atoms with Gasteiger partial charge in [-0.2, -0.15) is 0 Å². The molecule has 0 radical (unpaired) electrons. The van der Waals surface area contributed by atoms with Gasteiger partial charge in [0, 0.05) is 37.0 Å². The Balaban J connectivity index is 1.70. The summed E-state index contributed by atoms with van der Waals surface area (Å²) in [4.78, 5) is 43.6. The third-order valence-electron chi connectivity index (χ3n) is 6.85. The van der Waals surface area contributed by atoms with Crippen LogP contribution in [0.3, 0.4) is 0 Å². The Morgan fingerprint density at radius 3 is 2.63 bits per heavy atom. The first-order valence-corrected chi connectivity index (χ1v) is 11.5. The maximum atomic E-state index is 13.9. The van der Waals surface area contributed by atoms with Crippen molar-refractivity contribution >= 4 is 29.0 Å². The van der Waals surface area contributed by atoms with Crippen molar-refractivity contribution in [3.63, 3.8) is 0 Å². The van der Waals surface area contributed by atoms with Crippen molar-refractivity contribution in [1.29, 1.82) is 0 Å². The lowest BCUT2D eigenvalue weighted by Gasteiger charge is -2.35. The van der Waals surface area contributed by atoms with E-state index in [9.17, 15) is 19.5 Å². The lowest BCUT2D eigenvalue weighted by molar-refractivity contribution is -0.145. The Kier molecular flexibility index (Phi) is 5.68. The van der Waals surface area contributed by atoms with Crippen molar-refractivity contribution in [3.05, 3.63) is 77.9 Å². The summed E-state index contributed by atoms with van der Waals surface area (Å²) in [5.74, 6) is -2.05. The average Bonchev–Trinajstić information content (AvgIpc) is 3.53. The molecular weight excluding hydrogens is 448 g/mol. The Hall–Kier alpha value is -3.91. The molecular formula is C27H26N2O6. The number of hydrogen-bond donors (Lipinski definition) is 1. The van der Waals surface area contributed by atoms with Crippen LogP contribution in [0.25, 0.3) is 5.76 Å². The number of para-hydroxylation sites is 1. The third kappa shape index (κ3) is 3.36. The molecule has 2 amide bonds. The Morgan fingerprint density at radius 1 is 1.20 bits per heavy atom. The summed E-state index contributed by atoms with van der Waals surface area (Å²) in [6, 6.07) is 13.5. The van der Waals surface area contributed by atoms with Crippen LogP contribution in [0.2, 0.25) is 0 Å². The number of amides is 2. The molecule has 0 aliphatic carbocycles. The van der Waals surface area contributed by atoms with Crippen molar-refractivity contribution in [2.45, 2.75) is 24.5 Å². The van der Waals surface area contributed by atoms with Crippen molar-refractivity contribution in [2.24, 2.45) is 0 Å². The van der Waals surface area contributed by atoms with E-state index < -0.39 is 28.9 Å². The summed E-state index contributed by atoms with van der Waals surface area (Å²) in [7, 11) is 1.61. The molecule has 0 saturated carbocycles. The zero-order valence-electron chi connectivity index (χ0n) is 19.4. The number of carbonyl (C=O) groups is 3. The first kappa shape index (κ1) is 22.9. The number of nitrogens with zero attached hydrogens (tertiary/aromatic N) is 2. The number of benzene rings is 2. The van der Waals surface area contributed by atoms with Gasteiger partial charge >= 0.3 is 0 Å². The number of fused-ring (bicyclic) bond motifs is 2. The number of aliphatic hydroxyl groups excluding tert-OH is 1. The molecule has 0 aromatic heterocycles. The van der Waals surface area contributed by atoms with Crippen LogP contribution in [-0.4, -0.2) is 60.5 Å². The quantitative estimate of drug-likeness (QED) is 0.299. The summed E-state index contributed by atoms with van der Waals surface area (Å²) in [6.07, 6.45) is 2.88. The van der Waals surface area contributed by atoms with Crippen molar-refractivity contribution in [1.82, 2.24) is 4.90 Å². The van der Waals surface area contributed by atoms with Crippen LogP contribution in [0.1, 0.15) is 24.0 Å². The molecule has 3 heterocycles. The normalized spacial score (nSPS) is 24.9. The molecule has 5 rings (SSSR count). The van der Waals surface area contributed by atoms with Gasteiger partial charge in [0.25, 0.3) is 17.6 Å². The van der Waals surface area contributed by atoms with Crippen molar-refractivity contribution in [3.8, 4) is 5.75 Å². The number of rotatable bonds is 6. The second kappa shape index (κ2) is 8.70. The van der Waals surface area contributed by atoms with Gasteiger partial charge in [-0.1, -0.05) is 30.9 Å². The number of hydrogen-bond acceptors (Lipinski definition) is 6. The molecule has 2 aromatic carbocycles. The summed E-state index contributed by atoms with van der Waals surface area (Å²) in [5.41, 5.74) is -0.645. The number of anilines is 1. The number of aliphatic hydroxyl groups is 1. The monoisotopic (exact) mass is 474 g/mol. The van der Waals surface area contributed by atoms with Gasteiger partial charge in [0.15, 0.2) is 5.54 Å². The molecule has 1 N–H and O–H groups in total. The van der Waals surface area contributed by atoms with Gasteiger partial charge in [0.2, 0.25) is 0 Å². The third-order valence-corrected chi connectivity index (χ3v) is 6.85. The van der Waals surface area contributed by atoms with Crippen molar-refractivity contribution < 1.29 is 29.0 Å². The molecule has 2 saturated heterocycles. The predicted molar refractivity (Wildman–Crippen MR) is 129 cm³/mol. The molecule has 8 heteroatoms. The number of likely N-dealkylation sites (tertiary alicyclic amines) is 1. The predicted octanol–water partition coefficient (Wildman–Crippen LogP) is 2.98. The molecule has 1 spiro atoms. The van der Waals surface area contributed by atoms with Crippen LogP contribution in [0, 0.1) is 0 Å². The Labute approximate surface area is 203 Å². The standard InChI is InChI=1S/C27H26N2O6/c1-3-14-34-18-12-10-17(11-13-18)23(30)22-24(31)25(32)29(16-19-7-6-15-35-19)27(22)20-8-4-5-9-21(20)28(2)26(27)33/h3-5,8-13,19,30H,1,6-7,14-16H2,2H3/t19-,27+/m1/s1. The highest BCUT2D eigenvalue weighted by Gasteiger charge is 2.66. The van der Waals surface area contributed by atoms with Crippen LogP contribution in [-0.2, 0) is 24.7 Å². The van der Waals surface area contributed by atoms with Crippen molar-refractivity contribution in [2.75, 3.05) is 31.7 Å². The Bertz CT molecular complexity index is 1240. The topological polar surface area (TPSA) is 96.4 Å². The van der Waals surface area contributed by atoms with Crippen LogP contribution in [0.4, 0.5) is 5.69 Å². The van der Waals surface area contributed by atoms with E-state index in [0.717, 1.165) is 12.8 Å². The molecule has 2 fully saturated rings. The lowest BCUT2D eigenvalue weighted by atomic mass is 9.81. The highest BCUT2D eigenvalue weighted by molar-refractivity contribution is 6.50. The first-order chi connectivity index (χ1) is 16.9. The first-order valence-electron chi connectivity index (χ1n) is 11.5. The van der Waals surface area contributed by atoms with E-state index in [2.05, 4.69) is 6.58 Å². The molecule has 2 aromatic rings. The zero-order valence-corrected chi connectivity index (χ0v) is 19.4. The summed E-state index contributed by atoms with van der Waals surface area (Å²) in [6.45, 7) is 4.57.